The van der Waals surface area contributed by atoms with E-state index in [0.29, 0.717) is 0 Å². The molecular formula is C14H17N3O2. The lowest BCUT2D eigenvalue weighted by Crippen LogP contribution is -2.38. The van der Waals surface area contributed by atoms with Gasteiger partial charge in [0.15, 0.2) is 0 Å². The van der Waals surface area contributed by atoms with Crippen LogP contribution in [0.1, 0.15) is 30.9 Å². The van der Waals surface area contributed by atoms with E-state index in [1.807, 2.05) is 24.3 Å². The first kappa shape index (κ1) is 13.3. The number of hydrogen-bond acceptors (Lipinski definition) is 3. The summed E-state index contributed by atoms with van der Waals surface area (Å²) < 4.78 is 0. The molecule has 100 valence electrons. The summed E-state index contributed by atoms with van der Waals surface area (Å²) in [7, 11) is 0. The van der Waals surface area contributed by atoms with Gasteiger partial charge in [-0.25, -0.2) is 5.43 Å². The summed E-state index contributed by atoms with van der Waals surface area (Å²) in [5.74, 6) is -1.35. The van der Waals surface area contributed by atoms with Crippen LogP contribution in [0.5, 0.6) is 0 Å². The Bertz CT molecular complexity index is 490. The van der Waals surface area contributed by atoms with Crippen LogP contribution in [0.3, 0.4) is 0 Å². The van der Waals surface area contributed by atoms with E-state index < -0.39 is 11.8 Å². The number of rotatable bonds is 4. The van der Waals surface area contributed by atoms with Crippen molar-refractivity contribution in [1.29, 1.82) is 0 Å². The molecule has 1 fully saturated rings. The fraction of sp³-hybridized carbons (Fsp3) is 0.357. The van der Waals surface area contributed by atoms with Crippen LogP contribution in [0.4, 0.5) is 0 Å². The standard InChI is InChI=1S/C14H17N3O2/c1-2-10-3-5-11(6-4-10)9-15-17-14(19)13(18)16-12-7-8-12/h3-6,9,12H,2,7-8H2,1H3,(H,16,18)(H,17,19)/b15-9-. The Labute approximate surface area is 112 Å². The van der Waals surface area contributed by atoms with Gasteiger partial charge in [-0.15, -0.1) is 0 Å². The number of nitrogens with one attached hydrogen (secondary N) is 2. The minimum atomic E-state index is -0.728. The Kier molecular flexibility index (Phi) is 4.28. The van der Waals surface area contributed by atoms with Crippen molar-refractivity contribution in [3.8, 4) is 0 Å². The van der Waals surface area contributed by atoms with E-state index in [4.69, 9.17) is 0 Å². The van der Waals surface area contributed by atoms with Crippen LogP contribution in [0.25, 0.3) is 0 Å². The largest absolute Gasteiger partial charge is 0.345 e. The summed E-state index contributed by atoms with van der Waals surface area (Å²) in [5.41, 5.74) is 4.33. The number of benzene rings is 1. The maximum atomic E-state index is 11.4. The monoisotopic (exact) mass is 259 g/mol. The quantitative estimate of drug-likeness (QED) is 0.480. The van der Waals surface area contributed by atoms with Gasteiger partial charge in [0.2, 0.25) is 0 Å². The molecule has 2 amide bonds. The van der Waals surface area contributed by atoms with Crippen molar-refractivity contribution in [3.05, 3.63) is 35.4 Å². The fourth-order valence-electron chi connectivity index (χ4n) is 1.53. The van der Waals surface area contributed by atoms with Crippen molar-refractivity contribution >= 4 is 18.0 Å². The predicted molar refractivity (Wildman–Crippen MR) is 72.7 cm³/mol. The second kappa shape index (κ2) is 6.13. The number of hydrogen-bond donors (Lipinski definition) is 2. The van der Waals surface area contributed by atoms with Gasteiger partial charge in [0.1, 0.15) is 0 Å². The van der Waals surface area contributed by atoms with Crippen molar-refractivity contribution in [3.63, 3.8) is 0 Å². The zero-order chi connectivity index (χ0) is 13.7. The van der Waals surface area contributed by atoms with Crippen molar-refractivity contribution in [2.75, 3.05) is 0 Å². The molecule has 1 aliphatic rings. The third-order valence-electron chi connectivity index (χ3n) is 2.89. The molecule has 1 saturated carbocycles. The third kappa shape index (κ3) is 4.21. The Morgan fingerprint density at radius 1 is 1.26 bits per heavy atom. The first-order valence-corrected chi connectivity index (χ1v) is 6.42. The molecule has 0 aromatic heterocycles. The van der Waals surface area contributed by atoms with Gasteiger partial charge in [0.05, 0.1) is 6.21 Å². The van der Waals surface area contributed by atoms with Gasteiger partial charge in [0, 0.05) is 6.04 Å². The highest BCUT2D eigenvalue weighted by Crippen LogP contribution is 2.18. The average Bonchev–Trinajstić information content (AvgIpc) is 3.23. The fourth-order valence-corrected chi connectivity index (χ4v) is 1.53. The van der Waals surface area contributed by atoms with Crippen LogP contribution in [0.2, 0.25) is 0 Å². The van der Waals surface area contributed by atoms with E-state index in [-0.39, 0.29) is 6.04 Å². The topological polar surface area (TPSA) is 70.6 Å². The average molecular weight is 259 g/mol. The normalized spacial score (nSPS) is 14.4. The van der Waals surface area contributed by atoms with Crippen LogP contribution in [-0.2, 0) is 16.0 Å². The van der Waals surface area contributed by atoms with Crippen molar-refractivity contribution in [1.82, 2.24) is 10.7 Å². The van der Waals surface area contributed by atoms with Crippen LogP contribution in [-0.4, -0.2) is 24.1 Å². The number of amides is 2. The van der Waals surface area contributed by atoms with Gasteiger partial charge in [-0.1, -0.05) is 31.2 Å². The van der Waals surface area contributed by atoms with Crippen LogP contribution >= 0.6 is 0 Å². The lowest BCUT2D eigenvalue weighted by atomic mass is 10.1. The maximum Gasteiger partial charge on any atom is 0.329 e. The van der Waals surface area contributed by atoms with Crippen LogP contribution < -0.4 is 10.7 Å². The molecule has 1 aliphatic carbocycles. The summed E-state index contributed by atoms with van der Waals surface area (Å²) in [6, 6.07) is 8.01. The second-order valence-corrected chi connectivity index (χ2v) is 4.54. The van der Waals surface area contributed by atoms with Gasteiger partial charge in [-0.3, -0.25) is 9.59 Å². The number of carbonyl (C=O) groups is 2. The summed E-state index contributed by atoms with van der Waals surface area (Å²) in [5, 5.41) is 6.35. The third-order valence-corrected chi connectivity index (χ3v) is 2.89. The molecule has 0 atom stereocenters. The highest BCUT2D eigenvalue weighted by atomic mass is 16.2. The Balaban J connectivity index is 1.80. The van der Waals surface area contributed by atoms with Crippen molar-refractivity contribution in [2.45, 2.75) is 32.2 Å². The molecule has 0 radical (unpaired) electrons. The molecule has 0 heterocycles. The van der Waals surface area contributed by atoms with E-state index in [1.165, 1.54) is 11.8 Å². The highest BCUT2D eigenvalue weighted by Gasteiger charge is 2.26. The van der Waals surface area contributed by atoms with Crippen molar-refractivity contribution < 1.29 is 9.59 Å². The molecule has 19 heavy (non-hydrogen) atoms. The van der Waals surface area contributed by atoms with Gasteiger partial charge >= 0.3 is 11.8 Å². The van der Waals surface area contributed by atoms with Gasteiger partial charge in [-0.2, -0.15) is 5.10 Å². The molecule has 0 aliphatic heterocycles. The summed E-state index contributed by atoms with van der Waals surface area (Å²) in [6.45, 7) is 2.09. The Morgan fingerprint density at radius 2 is 1.95 bits per heavy atom. The van der Waals surface area contributed by atoms with E-state index in [0.717, 1.165) is 24.8 Å². The van der Waals surface area contributed by atoms with E-state index in [1.54, 1.807) is 0 Å². The maximum absolute atomic E-state index is 11.4. The second-order valence-electron chi connectivity index (χ2n) is 4.54. The molecule has 0 bridgehead atoms. The number of carbonyl (C=O) groups excluding carboxylic acids is 2. The predicted octanol–water partition coefficient (Wildman–Crippen LogP) is 0.978. The summed E-state index contributed by atoms with van der Waals surface area (Å²) in [6.07, 6.45) is 4.40. The Hall–Kier alpha value is -2.17. The molecule has 2 N–H and O–H groups in total. The summed E-state index contributed by atoms with van der Waals surface area (Å²) in [4.78, 5) is 22.7. The molecule has 0 saturated heterocycles. The zero-order valence-corrected chi connectivity index (χ0v) is 10.8. The first-order chi connectivity index (χ1) is 9.19. The number of nitrogens with zero attached hydrogens (tertiary/aromatic N) is 1. The highest BCUT2D eigenvalue weighted by molar-refractivity contribution is 6.35. The number of aryl methyl sites for hydroxylation is 1. The molecule has 1 aromatic rings. The van der Waals surface area contributed by atoms with E-state index in [9.17, 15) is 9.59 Å². The molecule has 2 rings (SSSR count). The smallest absolute Gasteiger partial charge is 0.329 e. The lowest BCUT2D eigenvalue weighted by molar-refractivity contribution is -0.139. The molecule has 1 aromatic carbocycles. The number of hydrazone groups is 1. The van der Waals surface area contributed by atoms with E-state index in [2.05, 4.69) is 22.8 Å². The molecule has 5 nitrogen and oxygen atoms in total. The van der Waals surface area contributed by atoms with Gasteiger partial charge < -0.3 is 5.32 Å². The van der Waals surface area contributed by atoms with E-state index >= 15 is 0 Å². The van der Waals surface area contributed by atoms with Crippen LogP contribution in [0.15, 0.2) is 29.4 Å². The molecular weight excluding hydrogens is 242 g/mol. The SMILES string of the molecule is CCc1ccc(/C=N\NC(=O)C(=O)NC2CC2)cc1. The molecule has 0 spiro atoms. The zero-order valence-electron chi connectivity index (χ0n) is 10.8. The lowest BCUT2D eigenvalue weighted by Gasteiger charge is -2.01. The van der Waals surface area contributed by atoms with Crippen LogP contribution in [0, 0.1) is 0 Å². The van der Waals surface area contributed by atoms with Gasteiger partial charge in [-0.05, 0) is 30.4 Å². The minimum Gasteiger partial charge on any atom is -0.345 e. The minimum absolute atomic E-state index is 0.170. The van der Waals surface area contributed by atoms with Crippen molar-refractivity contribution in [2.24, 2.45) is 5.10 Å². The Morgan fingerprint density at radius 3 is 2.53 bits per heavy atom. The molecule has 5 heteroatoms. The first-order valence-electron chi connectivity index (χ1n) is 6.42. The summed E-state index contributed by atoms with van der Waals surface area (Å²) >= 11 is 0. The molecule has 0 unspecified atom stereocenters. The van der Waals surface area contributed by atoms with Gasteiger partial charge in [0.25, 0.3) is 0 Å².